The highest BCUT2D eigenvalue weighted by atomic mass is 79.9. The predicted molar refractivity (Wildman–Crippen MR) is 91.6 cm³/mol. The van der Waals surface area contributed by atoms with Crippen LogP contribution in [0.4, 0.5) is 0 Å². The molecule has 0 aliphatic rings. The van der Waals surface area contributed by atoms with Crippen LogP contribution in [-0.4, -0.2) is 0 Å². The summed E-state index contributed by atoms with van der Waals surface area (Å²) in [6.45, 7) is 0. The Morgan fingerprint density at radius 2 is 1.73 bits per heavy atom. The van der Waals surface area contributed by atoms with E-state index in [0.29, 0.717) is 5.56 Å². The highest BCUT2D eigenvalue weighted by Gasteiger charge is 2.12. The number of benzene rings is 3. The molecule has 4 aromatic rings. The molecule has 0 unspecified atom stereocenters. The summed E-state index contributed by atoms with van der Waals surface area (Å²) < 4.78 is 6.97. The maximum Gasteiger partial charge on any atom is 0.136 e. The van der Waals surface area contributed by atoms with Gasteiger partial charge in [-0.05, 0) is 47.5 Å². The molecule has 0 N–H and O–H groups in total. The molecule has 3 heteroatoms. The molecule has 0 saturated heterocycles. The van der Waals surface area contributed by atoms with Crippen molar-refractivity contribution in [2.24, 2.45) is 0 Å². The molecule has 1 aromatic heterocycles. The molecule has 0 fully saturated rings. The molecule has 104 valence electrons. The summed E-state index contributed by atoms with van der Waals surface area (Å²) in [5.74, 6) is 0. The van der Waals surface area contributed by atoms with Crippen molar-refractivity contribution in [1.82, 2.24) is 0 Å². The lowest BCUT2D eigenvalue weighted by molar-refractivity contribution is 0.669. The van der Waals surface area contributed by atoms with Gasteiger partial charge in [-0.15, -0.1) is 0 Å². The van der Waals surface area contributed by atoms with E-state index in [2.05, 4.69) is 34.1 Å². The number of furan rings is 1. The highest BCUT2D eigenvalue weighted by molar-refractivity contribution is 9.10. The van der Waals surface area contributed by atoms with Crippen LogP contribution in [0.3, 0.4) is 0 Å². The molecule has 2 nitrogen and oxygen atoms in total. The van der Waals surface area contributed by atoms with Crippen molar-refractivity contribution in [2.45, 2.75) is 0 Å². The van der Waals surface area contributed by atoms with E-state index in [4.69, 9.17) is 9.68 Å². The van der Waals surface area contributed by atoms with Crippen LogP contribution in [0, 0.1) is 11.3 Å². The Kier molecular flexibility index (Phi) is 2.99. The van der Waals surface area contributed by atoms with E-state index in [1.165, 1.54) is 0 Å². The van der Waals surface area contributed by atoms with E-state index < -0.39 is 0 Å². The van der Waals surface area contributed by atoms with Crippen LogP contribution in [0.5, 0.6) is 0 Å². The Morgan fingerprint density at radius 1 is 0.909 bits per heavy atom. The number of hydrogen-bond acceptors (Lipinski definition) is 2. The maximum atomic E-state index is 8.94. The van der Waals surface area contributed by atoms with Crippen molar-refractivity contribution >= 4 is 37.9 Å². The molecule has 3 aromatic carbocycles. The second-order valence-corrected chi connectivity index (χ2v) is 6.03. The van der Waals surface area contributed by atoms with Crippen LogP contribution >= 0.6 is 15.9 Å². The van der Waals surface area contributed by atoms with E-state index in [9.17, 15) is 0 Å². The summed E-state index contributed by atoms with van der Waals surface area (Å²) >= 11 is 3.52. The smallest absolute Gasteiger partial charge is 0.136 e. The molecule has 0 bridgehead atoms. The lowest BCUT2D eigenvalue weighted by atomic mass is 9.99. The zero-order chi connectivity index (χ0) is 15.1. The highest BCUT2D eigenvalue weighted by Crippen LogP contribution is 2.37. The largest absolute Gasteiger partial charge is 0.456 e. The molecule has 0 saturated carbocycles. The molecule has 0 aliphatic heterocycles. The summed E-state index contributed by atoms with van der Waals surface area (Å²) in [7, 11) is 0. The van der Waals surface area contributed by atoms with Crippen LogP contribution < -0.4 is 0 Å². The minimum absolute atomic E-state index is 0.663. The Labute approximate surface area is 135 Å². The van der Waals surface area contributed by atoms with Crippen LogP contribution in [-0.2, 0) is 0 Å². The van der Waals surface area contributed by atoms with Crippen LogP contribution in [0.25, 0.3) is 33.1 Å². The zero-order valence-corrected chi connectivity index (χ0v) is 13.1. The van der Waals surface area contributed by atoms with Crippen molar-refractivity contribution < 1.29 is 4.42 Å². The van der Waals surface area contributed by atoms with E-state index in [1.54, 1.807) is 0 Å². The SMILES string of the molecule is N#Cc1ccc(-c2cccc3oc4ccc(Br)cc4c23)cc1. The first-order valence-electron chi connectivity index (χ1n) is 6.87. The summed E-state index contributed by atoms with van der Waals surface area (Å²) in [6, 6.07) is 21.9. The van der Waals surface area contributed by atoms with Gasteiger partial charge in [0.2, 0.25) is 0 Å². The monoisotopic (exact) mass is 347 g/mol. The molecule has 22 heavy (non-hydrogen) atoms. The van der Waals surface area contributed by atoms with Gasteiger partial charge in [0.15, 0.2) is 0 Å². The molecule has 0 atom stereocenters. The lowest BCUT2D eigenvalue weighted by Crippen LogP contribution is -1.80. The van der Waals surface area contributed by atoms with Gasteiger partial charge < -0.3 is 4.42 Å². The molecule has 0 amide bonds. The first kappa shape index (κ1) is 13.1. The molecular weight excluding hydrogens is 338 g/mol. The van der Waals surface area contributed by atoms with Crippen LogP contribution in [0.1, 0.15) is 5.56 Å². The number of rotatable bonds is 1. The van der Waals surface area contributed by atoms with E-state index in [-0.39, 0.29) is 0 Å². The van der Waals surface area contributed by atoms with Crippen LogP contribution in [0.2, 0.25) is 0 Å². The summed E-state index contributed by atoms with van der Waals surface area (Å²) in [5, 5.41) is 11.1. The maximum absolute atomic E-state index is 8.94. The fraction of sp³-hybridized carbons (Fsp3) is 0. The normalized spacial score (nSPS) is 10.9. The topological polar surface area (TPSA) is 36.9 Å². The molecule has 0 aliphatic carbocycles. The quantitative estimate of drug-likeness (QED) is 0.430. The van der Waals surface area contributed by atoms with Gasteiger partial charge >= 0.3 is 0 Å². The second kappa shape index (κ2) is 5.01. The third-order valence-corrected chi connectivity index (χ3v) is 4.28. The summed E-state index contributed by atoms with van der Waals surface area (Å²) in [4.78, 5) is 0. The summed E-state index contributed by atoms with van der Waals surface area (Å²) in [6.07, 6.45) is 0. The molecular formula is C19H10BrNO. The fourth-order valence-electron chi connectivity index (χ4n) is 2.76. The molecule has 0 spiro atoms. The van der Waals surface area contributed by atoms with Gasteiger partial charge in [-0.25, -0.2) is 0 Å². The van der Waals surface area contributed by atoms with E-state index >= 15 is 0 Å². The second-order valence-electron chi connectivity index (χ2n) is 5.11. The van der Waals surface area contributed by atoms with Crippen molar-refractivity contribution in [3.63, 3.8) is 0 Å². The van der Waals surface area contributed by atoms with Crippen molar-refractivity contribution in [3.05, 3.63) is 70.7 Å². The lowest BCUT2D eigenvalue weighted by Gasteiger charge is -2.04. The zero-order valence-electron chi connectivity index (χ0n) is 11.5. The van der Waals surface area contributed by atoms with E-state index in [0.717, 1.165) is 37.5 Å². The number of halogens is 1. The third kappa shape index (κ3) is 2.01. The van der Waals surface area contributed by atoms with Crippen molar-refractivity contribution in [1.29, 1.82) is 5.26 Å². The van der Waals surface area contributed by atoms with Crippen LogP contribution in [0.15, 0.2) is 69.6 Å². The Morgan fingerprint density at radius 3 is 2.50 bits per heavy atom. The molecule has 0 radical (unpaired) electrons. The average Bonchev–Trinajstić information content (AvgIpc) is 2.93. The Balaban J connectivity index is 2.06. The number of nitrogens with zero attached hydrogens (tertiary/aromatic N) is 1. The minimum Gasteiger partial charge on any atom is -0.456 e. The van der Waals surface area contributed by atoms with Gasteiger partial charge in [-0.2, -0.15) is 5.26 Å². The number of nitriles is 1. The standard InChI is InChI=1S/C19H10BrNO/c20-14-8-9-17-16(10-14)19-15(2-1-3-18(19)22-17)13-6-4-12(11-21)5-7-13/h1-10H. The molecule has 1 heterocycles. The Hall–Kier alpha value is -2.57. The fourth-order valence-corrected chi connectivity index (χ4v) is 3.13. The van der Waals surface area contributed by atoms with Gasteiger partial charge in [0.1, 0.15) is 11.2 Å². The first-order chi connectivity index (χ1) is 10.8. The average molecular weight is 348 g/mol. The predicted octanol–water partition coefficient (Wildman–Crippen LogP) is 5.89. The first-order valence-corrected chi connectivity index (χ1v) is 7.67. The van der Waals surface area contributed by atoms with Gasteiger partial charge in [0.05, 0.1) is 11.6 Å². The van der Waals surface area contributed by atoms with Gasteiger partial charge in [-0.1, -0.05) is 40.2 Å². The Bertz CT molecular complexity index is 1040. The number of hydrogen-bond donors (Lipinski definition) is 0. The van der Waals surface area contributed by atoms with Crippen molar-refractivity contribution in [2.75, 3.05) is 0 Å². The van der Waals surface area contributed by atoms with Crippen molar-refractivity contribution in [3.8, 4) is 17.2 Å². The van der Waals surface area contributed by atoms with Gasteiger partial charge in [0, 0.05) is 15.2 Å². The third-order valence-electron chi connectivity index (χ3n) is 3.78. The number of fused-ring (bicyclic) bond motifs is 3. The minimum atomic E-state index is 0.663. The molecule has 4 rings (SSSR count). The van der Waals surface area contributed by atoms with E-state index in [1.807, 2.05) is 48.5 Å². The van der Waals surface area contributed by atoms with Gasteiger partial charge in [-0.3, -0.25) is 0 Å². The van der Waals surface area contributed by atoms with Gasteiger partial charge in [0.25, 0.3) is 0 Å². The summed E-state index contributed by atoms with van der Waals surface area (Å²) in [5.41, 5.74) is 4.59.